The van der Waals surface area contributed by atoms with Crippen LogP contribution in [0, 0.1) is 10.1 Å². The van der Waals surface area contributed by atoms with Crippen molar-refractivity contribution in [2.75, 3.05) is 6.61 Å². The number of halogens is 1. The third-order valence-electron chi connectivity index (χ3n) is 3.17. The number of aliphatic hydroxyl groups is 1. The molecule has 1 aromatic rings. The van der Waals surface area contributed by atoms with Gasteiger partial charge in [0.2, 0.25) is 5.15 Å². The first-order valence-corrected chi connectivity index (χ1v) is 6.44. The van der Waals surface area contributed by atoms with Crippen LogP contribution < -0.4 is 5.32 Å². The van der Waals surface area contributed by atoms with Gasteiger partial charge >= 0.3 is 5.69 Å². The fourth-order valence-corrected chi connectivity index (χ4v) is 1.93. The molecule has 0 fully saturated rings. The molecule has 1 amide bonds. The van der Waals surface area contributed by atoms with Gasteiger partial charge < -0.3 is 10.4 Å². The molecule has 0 aliphatic rings. The molecule has 0 aliphatic heterocycles. The van der Waals surface area contributed by atoms with E-state index in [9.17, 15) is 14.9 Å². The summed E-state index contributed by atoms with van der Waals surface area (Å²) in [6, 6.07) is 1.24. The first kappa shape index (κ1) is 16.3. The third kappa shape index (κ3) is 3.64. The molecule has 110 valence electrons. The number of nitrogens with zero attached hydrogens (tertiary/aromatic N) is 2. The quantitative estimate of drug-likeness (QED) is 0.474. The van der Waals surface area contributed by atoms with Crippen molar-refractivity contribution in [2.45, 2.75) is 32.2 Å². The predicted molar refractivity (Wildman–Crippen MR) is 73.8 cm³/mol. The van der Waals surface area contributed by atoms with Gasteiger partial charge in [0, 0.05) is 18.3 Å². The SMILES string of the molecule is CCC(C)(CCO)NC(=O)c1ccnc(Cl)c1[N+](=O)[O-]. The van der Waals surface area contributed by atoms with Crippen molar-refractivity contribution >= 4 is 23.2 Å². The van der Waals surface area contributed by atoms with Crippen LogP contribution in [0.25, 0.3) is 0 Å². The van der Waals surface area contributed by atoms with E-state index in [2.05, 4.69) is 10.3 Å². The van der Waals surface area contributed by atoms with Gasteiger partial charge in [-0.05, 0) is 25.8 Å². The van der Waals surface area contributed by atoms with Gasteiger partial charge in [-0.15, -0.1) is 0 Å². The Bertz CT molecular complexity index is 523. The molecule has 1 atom stereocenters. The molecule has 2 N–H and O–H groups in total. The van der Waals surface area contributed by atoms with Crippen LogP contribution in [0.4, 0.5) is 5.69 Å². The zero-order valence-corrected chi connectivity index (χ0v) is 12.0. The molecule has 0 spiro atoms. The topological polar surface area (TPSA) is 105 Å². The second-order valence-electron chi connectivity index (χ2n) is 4.60. The Balaban J connectivity index is 3.10. The normalized spacial score (nSPS) is 13.6. The average Bonchev–Trinajstić information content (AvgIpc) is 2.38. The predicted octanol–water partition coefficient (Wildman–Crippen LogP) is 1.92. The number of rotatable bonds is 6. The number of hydrogen-bond donors (Lipinski definition) is 2. The maximum Gasteiger partial charge on any atom is 0.319 e. The lowest BCUT2D eigenvalue weighted by atomic mass is 9.94. The van der Waals surface area contributed by atoms with E-state index in [1.165, 1.54) is 12.3 Å². The molecule has 1 rings (SSSR count). The second kappa shape index (κ2) is 6.62. The minimum absolute atomic E-state index is 0.0934. The number of amides is 1. The Morgan fingerprint density at radius 1 is 1.65 bits per heavy atom. The van der Waals surface area contributed by atoms with E-state index < -0.39 is 22.1 Å². The highest BCUT2D eigenvalue weighted by atomic mass is 35.5. The van der Waals surface area contributed by atoms with E-state index in [-0.39, 0.29) is 17.3 Å². The van der Waals surface area contributed by atoms with Gasteiger partial charge in [0.15, 0.2) is 0 Å². The molecule has 7 nitrogen and oxygen atoms in total. The summed E-state index contributed by atoms with van der Waals surface area (Å²) in [6.07, 6.45) is 2.16. The van der Waals surface area contributed by atoms with Crippen LogP contribution in [0.15, 0.2) is 12.3 Å². The number of nitro groups is 1. The largest absolute Gasteiger partial charge is 0.396 e. The molecule has 1 unspecified atom stereocenters. The highest BCUT2D eigenvalue weighted by Crippen LogP contribution is 2.26. The standard InChI is InChI=1S/C12H16ClN3O4/c1-3-12(2,5-7-17)15-11(18)8-4-6-14-10(13)9(8)16(19)20/h4,6,17H,3,5,7H2,1-2H3,(H,15,18). The first-order valence-electron chi connectivity index (χ1n) is 6.07. The number of carbonyl (C=O) groups excluding carboxylic acids is 1. The third-order valence-corrected chi connectivity index (χ3v) is 3.44. The molecule has 0 radical (unpaired) electrons. The Morgan fingerprint density at radius 2 is 2.30 bits per heavy atom. The van der Waals surface area contributed by atoms with Crippen LogP contribution in [-0.4, -0.2) is 33.1 Å². The van der Waals surface area contributed by atoms with Crippen molar-refractivity contribution in [3.8, 4) is 0 Å². The summed E-state index contributed by atoms with van der Waals surface area (Å²) in [7, 11) is 0. The molecule has 0 aliphatic carbocycles. The first-order chi connectivity index (χ1) is 9.34. The second-order valence-corrected chi connectivity index (χ2v) is 4.95. The van der Waals surface area contributed by atoms with Crippen molar-refractivity contribution in [3.63, 3.8) is 0 Å². The highest BCUT2D eigenvalue weighted by molar-refractivity contribution is 6.32. The monoisotopic (exact) mass is 301 g/mol. The van der Waals surface area contributed by atoms with Crippen molar-refractivity contribution in [2.24, 2.45) is 0 Å². The molecule has 1 aromatic heterocycles. The van der Waals surface area contributed by atoms with Gasteiger partial charge in [0.25, 0.3) is 5.91 Å². The van der Waals surface area contributed by atoms with E-state index in [0.717, 1.165) is 0 Å². The van der Waals surface area contributed by atoms with Crippen LogP contribution in [0.5, 0.6) is 0 Å². The molecule has 0 saturated carbocycles. The fourth-order valence-electron chi connectivity index (χ4n) is 1.70. The maximum absolute atomic E-state index is 12.2. The van der Waals surface area contributed by atoms with Crippen molar-refractivity contribution in [3.05, 3.63) is 33.1 Å². The van der Waals surface area contributed by atoms with Crippen LogP contribution in [-0.2, 0) is 0 Å². The zero-order chi connectivity index (χ0) is 15.3. The molecule has 0 aromatic carbocycles. The lowest BCUT2D eigenvalue weighted by molar-refractivity contribution is -0.385. The maximum atomic E-state index is 12.2. The number of aliphatic hydroxyl groups excluding tert-OH is 1. The molecular weight excluding hydrogens is 286 g/mol. The van der Waals surface area contributed by atoms with Gasteiger partial charge in [0.05, 0.1) is 4.92 Å². The fraction of sp³-hybridized carbons (Fsp3) is 0.500. The minimum Gasteiger partial charge on any atom is -0.396 e. The smallest absolute Gasteiger partial charge is 0.319 e. The Hall–Kier alpha value is -1.73. The van der Waals surface area contributed by atoms with Crippen LogP contribution >= 0.6 is 11.6 Å². The average molecular weight is 302 g/mol. The van der Waals surface area contributed by atoms with E-state index in [4.69, 9.17) is 16.7 Å². The summed E-state index contributed by atoms with van der Waals surface area (Å²) in [4.78, 5) is 26.0. The van der Waals surface area contributed by atoms with Crippen molar-refractivity contribution in [1.82, 2.24) is 10.3 Å². The molecule has 8 heteroatoms. The van der Waals surface area contributed by atoms with Gasteiger partial charge in [-0.25, -0.2) is 4.98 Å². The van der Waals surface area contributed by atoms with Crippen LogP contribution in [0.3, 0.4) is 0 Å². The summed E-state index contributed by atoms with van der Waals surface area (Å²) in [5, 5.41) is 22.3. The van der Waals surface area contributed by atoms with Crippen molar-refractivity contribution < 1.29 is 14.8 Å². The molecule has 1 heterocycles. The van der Waals surface area contributed by atoms with Gasteiger partial charge in [0.1, 0.15) is 5.56 Å². The molecule has 0 bridgehead atoms. The van der Waals surface area contributed by atoms with Gasteiger partial charge in [-0.3, -0.25) is 14.9 Å². The highest BCUT2D eigenvalue weighted by Gasteiger charge is 2.29. The zero-order valence-electron chi connectivity index (χ0n) is 11.2. The number of aromatic nitrogens is 1. The lowest BCUT2D eigenvalue weighted by Crippen LogP contribution is -2.46. The van der Waals surface area contributed by atoms with Gasteiger partial charge in [-0.1, -0.05) is 18.5 Å². The summed E-state index contributed by atoms with van der Waals surface area (Å²) in [6.45, 7) is 3.52. The molecule has 20 heavy (non-hydrogen) atoms. The Labute approximate surface area is 121 Å². The Kier molecular flexibility index (Phi) is 5.41. The molecular formula is C12H16ClN3O4. The van der Waals surface area contributed by atoms with Crippen LogP contribution in [0.1, 0.15) is 37.0 Å². The van der Waals surface area contributed by atoms with Crippen LogP contribution in [0.2, 0.25) is 5.15 Å². The minimum atomic E-state index is -0.737. The number of pyridine rings is 1. The number of carbonyl (C=O) groups is 1. The molecule has 0 saturated heterocycles. The van der Waals surface area contributed by atoms with E-state index in [1.807, 2.05) is 6.92 Å². The number of nitrogens with one attached hydrogen (secondary N) is 1. The van der Waals surface area contributed by atoms with Crippen molar-refractivity contribution in [1.29, 1.82) is 0 Å². The van der Waals surface area contributed by atoms with E-state index >= 15 is 0 Å². The summed E-state index contributed by atoms with van der Waals surface area (Å²) in [5.41, 5.74) is -1.31. The van der Waals surface area contributed by atoms with E-state index in [1.54, 1.807) is 6.92 Å². The summed E-state index contributed by atoms with van der Waals surface area (Å²) >= 11 is 5.66. The number of hydrogen-bond acceptors (Lipinski definition) is 5. The summed E-state index contributed by atoms with van der Waals surface area (Å²) < 4.78 is 0. The van der Waals surface area contributed by atoms with Gasteiger partial charge in [-0.2, -0.15) is 0 Å². The summed E-state index contributed by atoms with van der Waals surface area (Å²) in [5.74, 6) is -0.612. The van der Waals surface area contributed by atoms with E-state index in [0.29, 0.717) is 12.8 Å². The Morgan fingerprint density at radius 3 is 2.80 bits per heavy atom. The lowest BCUT2D eigenvalue weighted by Gasteiger charge is -2.28.